The van der Waals surface area contributed by atoms with Crippen molar-refractivity contribution < 1.29 is 7.48 Å². The lowest BCUT2D eigenvalue weighted by Crippen LogP contribution is -2.32. The molecule has 2 heterocycles. The molecule has 56 heavy (non-hydrogen) atoms. The Hall–Kier alpha value is -7.36. The third-order valence-electron chi connectivity index (χ3n) is 11.8. The van der Waals surface area contributed by atoms with Crippen LogP contribution in [0.1, 0.15) is 25.0 Å². The molecule has 0 fully saturated rings. The predicted octanol–water partition coefficient (Wildman–Crippen LogP) is 13.4. The van der Waals surface area contributed by atoms with E-state index in [4.69, 9.17) is 17.4 Å². The van der Waals surface area contributed by atoms with E-state index in [0.717, 1.165) is 44.8 Å². The van der Waals surface area contributed by atoms with Crippen molar-refractivity contribution in [2.45, 2.75) is 5.41 Å². The molecule has 1 aromatic heterocycles. The Labute approximate surface area is 327 Å². The van der Waals surface area contributed by atoms with Crippen molar-refractivity contribution in [3.8, 4) is 56.5 Å². The summed E-state index contributed by atoms with van der Waals surface area (Å²) in [7, 11) is 0. The quantitative estimate of drug-likeness (QED) is 0.171. The molecule has 1 aliphatic heterocycles. The lowest BCUT2D eigenvalue weighted by atomic mass is 9.65. The third kappa shape index (κ3) is 4.28. The van der Waals surface area contributed by atoms with Gasteiger partial charge >= 0.3 is 0 Å². The molecule has 0 saturated carbocycles. The minimum atomic E-state index is -0.617. The van der Waals surface area contributed by atoms with Crippen LogP contribution in [0, 0.1) is 0 Å². The third-order valence-corrected chi connectivity index (χ3v) is 11.8. The summed E-state index contributed by atoms with van der Waals surface area (Å²) in [5, 5.41) is 7.15. The summed E-state index contributed by atoms with van der Waals surface area (Å²) in [6.07, 6.45) is 0. The predicted molar refractivity (Wildman–Crippen MR) is 228 cm³/mol. The van der Waals surface area contributed by atoms with Crippen LogP contribution in [-0.2, 0) is 5.41 Å². The number of hydrogen-bond acceptors (Lipinski definition) is 3. The average molecular weight is 715 g/mol. The van der Waals surface area contributed by atoms with Crippen LogP contribution in [-0.4, -0.2) is 9.97 Å². The van der Waals surface area contributed by atoms with E-state index in [1.807, 2.05) is 6.07 Å². The minimum absolute atomic E-state index is 0.236. The SMILES string of the molecule is [2H]c1cc([2H])cc(-c2nc(-c3ccc4c5ccccc5c5ccccc5c4c3)cc(-c3cccc4c3Oc3ccccc3C43c4ccccc4-c4ccccc43)n2)c1. The van der Waals surface area contributed by atoms with Gasteiger partial charge in [-0.25, -0.2) is 9.97 Å². The topological polar surface area (TPSA) is 35.0 Å². The van der Waals surface area contributed by atoms with Crippen molar-refractivity contribution in [1.82, 2.24) is 9.97 Å². The summed E-state index contributed by atoms with van der Waals surface area (Å²) in [6.45, 7) is 0. The van der Waals surface area contributed by atoms with Gasteiger partial charge in [-0.15, -0.1) is 0 Å². The average Bonchev–Trinajstić information content (AvgIpc) is 3.56. The van der Waals surface area contributed by atoms with Gasteiger partial charge in [0.05, 0.1) is 19.5 Å². The van der Waals surface area contributed by atoms with Crippen LogP contribution in [0.3, 0.4) is 0 Å². The van der Waals surface area contributed by atoms with Crippen molar-refractivity contribution in [2.24, 2.45) is 0 Å². The minimum Gasteiger partial charge on any atom is -0.456 e. The van der Waals surface area contributed by atoms with Crippen LogP contribution in [0.15, 0.2) is 194 Å². The Balaban J connectivity index is 1.13. The van der Waals surface area contributed by atoms with Gasteiger partial charge in [-0.3, -0.25) is 0 Å². The van der Waals surface area contributed by atoms with Gasteiger partial charge in [0.15, 0.2) is 5.82 Å². The molecule has 9 aromatic carbocycles. The van der Waals surface area contributed by atoms with Crippen molar-refractivity contribution in [3.63, 3.8) is 0 Å². The number of para-hydroxylation sites is 2. The molecule has 0 unspecified atom stereocenters. The van der Waals surface area contributed by atoms with Gasteiger partial charge in [0.2, 0.25) is 0 Å². The lowest BCUT2D eigenvalue weighted by Gasteiger charge is -2.40. The number of hydrogen-bond donors (Lipinski definition) is 0. The van der Waals surface area contributed by atoms with E-state index in [1.54, 1.807) is 12.1 Å². The van der Waals surface area contributed by atoms with E-state index in [9.17, 15) is 0 Å². The summed E-state index contributed by atoms with van der Waals surface area (Å²) < 4.78 is 24.0. The summed E-state index contributed by atoms with van der Waals surface area (Å²) in [5.74, 6) is 1.99. The van der Waals surface area contributed by atoms with Gasteiger partial charge in [-0.05, 0) is 78.8 Å². The second-order valence-corrected chi connectivity index (χ2v) is 14.7. The first-order valence-corrected chi connectivity index (χ1v) is 19.0. The van der Waals surface area contributed by atoms with Gasteiger partial charge in [-0.1, -0.05) is 170 Å². The molecule has 0 bridgehead atoms. The van der Waals surface area contributed by atoms with Crippen LogP contribution in [0.25, 0.3) is 77.3 Å². The highest BCUT2D eigenvalue weighted by Gasteiger charge is 2.51. The largest absolute Gasteiger partial charge is 0.456 e. The van der Waals surface area contributed by atoms with E-state index in [2.05, 4.69) is 158 Å². The van der Waals surface area contributed by atoms with Gasteiger partial charge in [0.1, 0.15) is 11.5 Å². The van der Waals surface area contributed by atoms with Crippen molar-refractivity contribution >= 4 is 32.3 Å². The normalized spacial score (nSPS) is 13.8. The number of aromatic nitrogens is 2. The smallest absolute Gasteiger partial charge is 0.160 e. The number of benzene rings is 9. The summed E-state index contributed by atoms with van der Waals surface area (Å²) in [5.41, 5.74) is 10.2. The van der Waals surface area contributed by atoms with Crippen LogP contribution < -0.4 is 4.74 Å². The van der Waals surface area contributed by atoms with Gasteiger partial charge in [0, 0.05) is 27.8 Å². The fraction of sp³-hybridized carbons (Fsp3) is 0.0189. The van der Waals surface area contributed by atoms with Crippen molar-refractivity contribution in [3.05, 3.63) is 216 Å². The maximum Gasteiger partial charge on any atom is 0.160 e. The Kier molecular flexibility index (Phi) is 6.13. The molecule has 260 valence electrons. The highest BCUT2D eigenvalue weighted by atomic mass is 16.5. The van der Waals surface area contributed by atoms with E-state index < -0.39 is 5.41 Å². The van der Waals surface area contributed by atoms with Crippen LogP contribution in [0.5, 0.6) is 11.5 Å². The molecule has 12 rings (SSSR count). The fourth-order valence-electron chi connectivity index (χ4n) is 9.49. The van der Waals surface area contributed by atoms with E-state index in [-0.39, 0.29) is 12.1 Å². The maximum atomic E-state index is 8.50. The standard InChI is InChI=1S/C53H32N2O/c1-2-15-33(16-3-1)52-54-48(34-29-30-39-37-19-5-4-17-35(37)36-18-6-7-20-38(36)43(39)31-34)32-49(55-52)42-23-14-27-47-51(42)56-50-28-13-12-26-46(50)53(47)44-24-10-8-21-40(44)41-22-9-11-25-45(41)53/h1-32H/i2D,3D. The highest BCUT2D eigenvalue weighted by Crippen LogP contribution is 2.63. The van der Waals surface area contributed by atoms with Crippen molar-refractivity contribution in [1.29, 1.82) is 0 Å². The molecule has 0 N–H and O–H groups in total. The molecule has 0 saturated heterocycles. The van der Waals surface area contributed by atoms with E-state index in [0.29, 0.717) is 17.1 Å². The molecule has 1 aliphatic carbocycles. The first-order chi connectivity index (χ1) is 28.6. The Morgan fingerprint density at radius 3 is 1.62 bits per heavy atom. The maximum absolute atomic E-state index is 8.50. The number of ether oxygens (including phenoxy) is 1. The zero-order valence-electron chi connectivity index (χ0n) is 32.1. The molecule has 1 spiro atoms. The Bertz CT molecular complexity index is 3270. The summed E-state index contributed by atoms with van der Waals surface area (Å²) in [6, 6.07) is 63.6. The number of fused-ring (bicyclic) bond motifs is 15. The fourth-order valence-corrected chi connectivity index (χ4v) is 9.49. The molecule has 3 heteroatoms. The Morgan fingerprint density at radius 1 is 0.393 bits per heavy atom. The zero-order valence-corrected chi connectivity index (χ0v) is 30.1. The Morgan fingerprint density at radius 2 is 0.929 bits per heavy atom. The summed E-state index contributed by atoms with van der Waals surface area (Å²) >= 11 is 0. The molecule has 0 atom stereocenters. The number of rotatable bonds is 3. The van der Waals surface area contributed by atoms with Crippen molar-refractivity contribution in [2.75, 3.05) is 0 Å². The first kappa shape index (κ1) is 29.1. The second kappa shape index (κ2) is 11.8. The van der Waals surface area contributed by atoms with Gasteiger partial charge in [0.25, 0.3) is 0 Å². The molecule has 0 amide bonds. The first-order valence-electron chi connectivity index (χ1n) is 20.0. The van der Waals surface area contributed by atoms with Crippen LogP contribution >= 0.6 is 0 Å². The van der Waals surface area contributed by atoms with Crippen LogP contribution in [0.2, 0.25) is 0 Å². The van der Waals surface area contributed by atoms with Gasteiger partial charge in [-0.2, -0.15) is 0 Å². The van der Waals surface area contributed by atoms with Crippen LogP contribution in [0.4, 0.5) is 0 Å². The monoisotopic (exact) mass is 714 g/mol. The second-order valence-electron chi connectivity index (χ2n) is 14.7. The zero-order chi connectivity index (χ0) is 38.5. The molecular formula is C53H32N2O. The molecule has 2 aliphatic rings. The lowest BCUT2D eigenvalue weighted by molar-refractivity contribution is 0.438. The van der Waals surface area contributed by atoms with Gasteiger partial charge < -0.3 is 4.74 Å². The molecule has 10 aromatic rings. The highest BCUT2D eigenvalue weighted by molar-refractivity contribution is 6.25. The van der Waals surface area contributed by atoms with E-state index in [1.165, 1.54) is 55.3 Å². The molecule has 3 nitrogen and oxygen atoms in total. The molecular weight excluding hydrogens is 681 g/mol. The molecule has 0 radical (unpaired) electrons. The summed E-state index contributed by atoms with van der Waals surface area (Å²) in [4.78, 5) is 10.4. The number of nitrogens with zero attached hydrogens (tertiary/aromatic N) is 2. The van der Waals surface area contributed by atoms with E-state index >= 15 is 0 Å².